The van der Waals surface area contributed by atoms with E-state index in [9.17, 15) is 54.6 Å². The molecule has 10 atom stereocenters. The van der Waals surface area contributed by atoms with E-state index in [1.54, 1.807) is 49.4 Å². The molecule has 0 radical (unpaired) electrons. The minimum Gasteiger partial charge on any atom is -0.507 e. The first-order valence-corrected chi connectivity index (χ1v) is 27.9. The molecule has 23 heteroatoms. The molecule has 1 unspecified atom stereocenters. The topological polar surface area (TPSA) is 292 Å². The number of methoxy groups -OCH3 is 2. The Labute approximate surface area is 478 Å². The van der Waals surface area contributed by atoms with Gasteiger partial charge in [-0.25, -0.2) is 9.18 Å². The number of hydrogen-bond acceptors (Lipinski definition) is 19. The summed E-state index contributed by atoms with van der Waals surface area (Å²) in [5.41, 5.74) is -1.40. The predicted molar refractivity (Wildman–Crippen MR) is 305 cm³/mol. The maximum atomic E-state index is 16.2. The van der Waals surface area contributed by atoms with Crippen molar-refractivity contribution in [3.63, 3.8) is 0 Å². The number of piperazine rings is 1. The number of fused-ring (bicyclic) bond motifs is 15. The van der Waals surface area contributed by atoms with Crippen LogP contribution in [0.3, 0.4) is 0 Å². The number of hydrogen-bond donors (Lipinski definition) is 7. The lowest BCUT2D eigenvalue weighted by atomic mass is 9.78. The van der Waals surface area contributed by atoms with Crippen molar-refractivity contribution >= 4 is 62.9 Å². The zero-order valence-corrected chi connectivity index (χ0v) is 48.1. The van der Waals surface area contributed by atoms with E-state index in [0.717, 1.165) is 18.9 Å². The van der Waals surface area contributed by atoms with E-state index in [2.05, 4.69) is 10.2 Å². The molecule has 6 aliphatic rings. The molecule has 6 heterocycles. The van der Waals surface area contributed by atoms with E-state index in [0.29, 0.717) is 51.2 Å². The van der Waals surface area contributed by atoms with Gasteiger partial charge in [-0.2, -0.15) is 5.10 Å². The quantitative estimate of drug-likeness (QED) is 0.0408. The predicted octanol–water partition coefficient (Wildman–Crippen LogP) is 6.48. The Morgan fingerprint density at radius 2 is 1.59 bits per heavy atom. The van der Waals surface area contributed by atoms with E-state index in [4.69, 9.17) is 28.8 Å². The lowest BCUT2D eigenvalue weighted by Crippen LogP contribution is -2.51. The molecule has 3 aromatic carbocycles. The number of ether oxygens (including phenoxy) is 5. The van der Waals surface area contributed by atoms with Crippen molar-refractivity contribution in [1.82, 2.24) is 14.5 Å². The number of amides is 1. The van der Waals surface area contributed by atoms with Gasteiger partial charge in [-0.15, -0.1) is 0 Å². The molecule has 5 bridgehead atoms. The molecular weight excluding hydrogens is 1080 g/mol. The van der Waals surface area contributed by atoms with Crippen molar-refractivity contribution in [3.8, 4) is 28.7 Å². The highest BCUT2D eigenvalue weighted by atomic mass is 19.1. The summed E-state index contributed by atoms with van der Waals surface area (Å²) in [5, 5.41) is 77.9. The Hall–Kier alpha value is -7.73. The maximum absolute atomic E-state index is 16.2. The molecule has 446 valence electrons. The summed E-state index contributed by atoms with van der Waals surface area (Å²) in [7, 11) is 2.82. The van der Waals surface area contributed by atoms with Crippen LogP contribution in [0.15, 0.2) is 58.3 Å². The molecule has 0 spiro atoms. The summed E-state index contributed by atoms with van der Waals surface area (Å²) in [4.78, 5) is 70.8. The fraction of sp³-hybridized carbons (Fsp3) is 0.500. The summed E-state index contributed by atoms with van der Waals surface area (Å²) in [6.07, 6.45) is 8.00. The van der Waals surface area contributed by atoms with Crippen molar-refractivity contribution in [2.75, 3.05) is 63.7 Å². The number of benzene rings is 3. The van der Waals surface area contributed by atoms with E-state index < -0.39 is 112 Å². The van der Waals surface area contributed by atoms with Crippen LogP contribution in [0, 0.1) is 36.4 Å². The van der Waals surface area contributed by atoms with Crippen LogP contribution in [0.4, 0.5) is 15.8 Å². The number of aliphatic hydroxyl groups excluding tert-OH is 2. The first-order valence-electron chi connectivity index (χ1n) is 27.9. The third kappa shape index (κ3) is 11.1. The number of anilines is 2. The van der Waals surface area contributed by atoms with Crippen LogP contribution in [0.25, 0.3) is 21.7 Å². The van der Waals surface area contributed by atoms with Crippen molar-refractivity contribution in [1.29, 1.82) is 0 Å². The monoisotopic (exact) mass is 1150 g/mol. The van der Waals surface area contributed by atoms with Crippen LogP contribution in [0.1, 0.15) is 106 Å². The Balaban J connectivity index is 1.03. The number of carboxylic acid groups (broad SMARTS) is 1. The van der Waals surface area contributed by atoms with Gasteiger partial charge in [0, 0.05) is 112 Å². The number of carbonyl (C=O) groups is 4. The number of rotatable bonds is 9. The number of esters is 1. The van der Waals surface area contributed by atoms with Crippen molar-refractivity contribution in [2.24, 2.45) is 28.8 Å². The van der Waals surface area contributed by atoms with E-state index in [1.807, 2.05) is 4.90 Å². The number of halogens is 1. The number of hydrazone groups is 1. The van der Waals surface area contributed by atoms with Gasteiger partial charge >= 0.3 is 17.7 Å². The molecule has 3 fully saturated rings. The fourth-order valence-electron chi connectivity index (χ4n) is 12.2. The number of carbonyl (C=O) groups excluding carboxylic acids is 3. The van der Waals surface area contributed by atoms with E-state index >= 15 is 4.39 Å². The molecule has 2 saturated heterocycles. The van der Waals surface area contributed by atoms with Crippen LogP contribution in [0.2, 0.25) is 0 Å². The van der Waals surface area contributed by atoms with Crippen LogP contribution < -0.4 is 25.1 Å². The van der Waals surface area contributed by atoms with Gasteiger partial charge in [-0.05, 0) is 45.3 Å². The van der Waals surface area contributed by atoms with Gasteiger partial charge in [0.1, 0.15) is 34.6 Å². The van der Waals surface area contributed by atoms with Crippen LogP contribution >= 0.6 is 0 Å². The van der Waals surface area contributed by atoms with Crippen LogP contribution in [-0.4, -0.2) is 165 Å². The van der Waals surface area contributed by atoms with Gasteiger partial charge in [-0.3, -0.25) is 29.1 Å². The average Bonchev–Trinajstić information content (AvgIpc) is 2.49. The molecule has 1 aliphatic carbocycles. The molecule has 5 aliphatic heterocycles. The molecule has 22 nitrogen and oxygen atoms in total. The number of aliphatic hydroxyl groups is 2. The number of phenols is 3. The number of aromatic hydroxyl groups is 3. The number of carboxylic acids is 1. The normalized spacial score (nSPS) is 27.6. The number of allylic oxidation sites excluding steroid dienone is 2. The number of aromatic carboxylic acids is 1. The van der Waals surface area contributed by atoms with Crippen LogP contribution in [-0.2, 0) is 23.8 Å². The number of aromatic nitrogens is 1. The van der Waals surface area contributed by atoms with Gasteiger partial charge < -0.3 is 69.1 Å². The molecular formula is C60H73FN6O16. The van der Waals surface area contributed by atoms with Gasteiger partial charge in [-0.1, -0.05) is 45.9 Å². The van der Waals surface area contributed by atoms with Crippen molar-refractivity contribution in [3.05, 3.63) is 86.7 Å². The van der Waals surface area contributed by atoms with Gasteiger partial charge in [0.15, 0.2) is 17.3 Å². The Bertz CT molecular complexity index is 3460. The lowest BCUT2D eigenvalue weighted by Gasteiger charge is -2.39. The highest BCUT2D eigenvalue weighted by Crippen LogP contribution is 2.55. The van der Waals surface area contributed by atoms with Gasteiger partial charge in [0.2, 0.25) is 5.43 Å². The van der Waals surface area contributed by atoms with E-state index in [-0.39, 0.29) is 73.4 Å². The number of Topliss-reactive ketones (excluding diaryl/α,β-unsaturated/α-hetero) is 1. The van der Waals surface area contributed by atoms with Gasteiger partial charge in [0.05, 0.1) is 77.5 Å². The standard InChI is InChI=1S/C60H73FN6O16/c1-28-12-11-13-29(2)58(76)63-45-38(25-62-66-18-16-36(26-66)64-19-21-65(22-20-64)47-40(61)24-37-46(56(47)80-10)67(35-14-15-35)27-39(51(37)72)59(77)78)52(73)42-43(53(45)74)50(71)33(6)55-44(42)57(75)60(8,83-55)81-23-17-41(79-9)30(3)54(82-34(7)68)32(5)49(70)31(4)48(28)69/h11-13,17,23-25,27-28,30-32,35-36,41,48-49,54,69-71,73-74H,14-16,18-22,26H2,1-10H3,(H,63,76)(H,77,78)/t28-,30+,31+,32+,36?,41-,48-,49+,54+,60-/m0/s1. The molecule has 83 heavy (non-hydrogen) atoms. The third-order valence-corrected chi connectivity index (χ3v) is 17.2. The zero-order valence-electron chi connectivity index (χ0n) is 48.1. The fourth-order valence-corrected chi connectivity index (χ4v) is 12.2. The first-order chi connectivity index (χ1) is 39.3. The second-order valence-electron chi connectivity index (χ2n) is 22.7. The molecule has 10 rings (SSSR count). The minimum absolute atomic E-state index is 0.00379. The average molecular weight is 1150 g/mol. The highest BCUT2D eigenvalue weighted by Gasteiger charge is 2.50. The molecule has 1 aromatic heterocycles. The zero-order chi connectivity index (χ0) is 60.3. The summed E-state index contributed by atoms with van der Waals surface area (Å²) in [6.45, 7) is 14.9. The Morgan fingerprint density at radius 1 is 0.892 bits per heavy atom. The summed E-state index contributed by atoms with van der Waals surface area (Å²) < 4.78 is 47.6. The number of ketones is 1. The first kappa shape index (κ1) is 59.9. The maximum Gasteiger partial charge on any atom is 0.341 e. The Kier molecular flexibility index (Phi) is 17.0. The molecule has 1 saturated carbocycles. The molecule has 1 amide bonds. The van der Waals surface area contributed by atoms with Crippen molar-refractivity contribution < 1.29 is 77.9 Å². The van der Waals surface area contributed by atoms with Crippen LogP contribution in [0.5, 0.6) is 28.7 Å². The minimum atomic E-state index is -2.13. The molecule has 7 N–H and O–H groups in total. The number of nitrogens with zero attached hydrogens (tertiary/aromatic N) is 5. The van der Waals surface area contributed by atoms with Crippen molar-refractivity contribution in [2.45, 2.75) is 117 Å². The highest BCUT2D eigenvalue weighted by molar-refractivity contribution is 6.24. The van der Waals surface area contributed by atoms with E-state index in [1.165, 1.54) is 72.7 Å². The Morgan fingerprint density at radius 3 is 2.23 bits per heavy atom. The summed E-state index contributed by atoms with van der Waals surface area (Å²) in [6, 6.07) is 0.998. The molecule has 4 aromatic rings. The second-order valence-corrected chi connectivity index (χ2v) is 22.7. The summed E-state index contributed by atoms with van der Waals surface area (Å²) >= 11 is 0. The van der Waals surface area contributed by atoms with Gasteiger partial charge in [0.25, 0.3) is 11.7 Å². The number of pyridine rings is 1. The SMILES string of the molecule is COc1c(N2CCN(C3CCN(N=Cc4c5c(O)c6c(O)c(C)c7c(c6c4O)C(=O)[C@@](C)(OC=C[C@H](OC)[C@@H](C)[C@@H](OC(C)=O)[C@H](C)[C@H](O)[C@H](C)[C@@H](O)[C@@H](C)C=CC=C(C)C(=O)N5)O7)C3)CC2)c(F)cc2c(=O)c(C(=O)O)cn(C3CC3)c12. The smallest absolute Gasteiger partial charge is 0.341 e. The summed E-state index contributed by atoms with van der Waals surface area (Å²) in [5.74, 6) is -11.0. The number of phenolic OH excluding ortho intramolecular Hbond substituents is 3. The number of nitrogens with one attached hydrogen (secondary N) is 1. The second kappa shape index (κ2) is 23.5. The third-order valence-electron chi connectivity index (χ3n) is 17.2. The lowest BCUT2D eigenvalue weighted by molar-refractivity contribution is -0.160. The largest absolute Gasteiger partial charge is 0.507 e.